The zero-order valence-electron chi connectivity index (χ0n) is 16.3. The molecule has 2 aromatic heterocycles. The average molecular weight is 409 g/mol. The van der Waals surface area contributed by atoms with Crippen LogP contribution < -0.4 is 10.6 Å². The summed E-state index contributed by atoms with van der Waals surface area (Å²) in [6.45, 7) is 2.85. The minimum Gasteiger partial charge on any atom is -0.507 e. The molecule has 2 unspecified atom stereocenters. The molecule has 2 atom stereocenters. The van der Waals surface area contributed by atoms with Crippen LogP contribution in [0.2, 0.25) is 0 Å². The molecule has 0 saturated carbocycles. The van der Waals surface area contributed by atoms with Crippen LogP contribution in [0.1, 0.15) is 30.7 Å². The number of benzene rings is 1. The third-order valence-corrected chi connectivity index (χ3v) is 6.74. The molecule has 150 valence electrons. The Morgan fingerprint density at radius 1 is 1.07 bits per heavy atom. The van der Waals surface area contributed by atoms with Gasteiger partial charge in [0.15, 0.2) is 0 Å². The van der Waals surface area contributed by atoms with E-state index in [4.69, 9.17) is 0 Å². The Hall–Kier alpha value is -2.58. The molecule has 2 aliphatic heterocycles. The molecule has 3 N–H and O–H groups in total. The second-order valence-electron chi connectivity index (χ2n) is 8.02. The van der Waals surface area contributed by atoms with E-state index in [1.807, 2.05) is 31.2 Å². The summed E-state index contributed by atoms with van der Waals surface area (Å²) in [4.78, 5) is 0. The number of phenols is 1. The lowest BCUT2D eigenvalue weighted by molar-refractivity contribution is 0.311. The number of anilines is 1. The van der Waals surface area contributed by atoms with E-state index < -0.39 is 0 Å². The number of aryl methyl sites for hydroxylation is 1. The highest BCUT2D eigenvalue weighted by atomic mass is 32.1. The summed E-state index contributed by atoms with van der Waals surface area (Å²) in [5.41, 5.74) is 2.15. The first-order valence-corrected chi connectivity index (χ1v) is 10.9. The van der Waals surface area contributed by atoms with E-state index in [1.165, 1.54) is 37.0 Å². The molecule has 0 spiro atoms. The van der Waals surface area contributed by atoms with Crippen molar-refractivity contribution in [3.8, 4) is 27.6 Å². The molecule has 0 aliphatic carbocycles. The Balaban J connectivity index is 1.25. The predicted molar refractivity (Wildman–Crippen MR) is 114 cm³/mol. The maximum atomic E-state index is 10.5. The molecule has 2 saturated heterocycles. The third kappa shape index (κ3) is 3.95. The van der Waals surface area contributed by atoms with Crippen molar-refractivity contribution < 1.29 is 5.11 Å². The van der Waals surface area contributed by atoms with Gasteiger partial charge in [0.1, 0.15) is 21.6 Å². The number of nitrogens with zero attached hydrogens (tertiary/aromatic N) is 4. The highest BCUT2D eigenvalue weighted by molar-refractivity contribution is 7.14. The number of fused-ring (bicyclic) bond motifs is 2. The molecule has 29 heavy (non-hydrogen) atoms. The van der Waals surface area contributed by atoms with Crippen molar-refractivity contribution in [2.24, 2.45) is 5.92 Å². The normalized spacial score (nSPS) is 23.3. The number of rotatable bonds is 5. The molecule has 0 amide bonds. The van der Waals surface area contributed by atoms with Crippen molar-refractivity contribution in [1.82, 2.24) is 25.7 Å². The first kappa shape index (κ1) is 18.4. The number of nitrogens with one attached hydrogen (secondary N) is 2. The Bertz CT molecular complexity index is 993. The summed E-state index contributed by atoms with van der Waals surface area (Å²) >= 11 is 1.50. The standard InChI is InChI=1S/C21H24N6OS/c1-12-24-27-21(29-12)14-2-5-17(19(28)10-14)18-6-7-20(26-25-18)22-11-13-8-15-3-4-16(9-13)23-15/h2,5-7,10,13,15-16,23,28H,3-4,8-9,11H2,1H3,(H,22,26). The molecule has 7 nitrogen and oxygen atoms in total. The zero-order valence-corrected chi connectivity index (χ0v) is 17.1. The van der Waals surface area contributed by atoms with Gasteiger partial charge in [0.2, 0.25) is 0 Å². The fraction of sp³-hybridized carbons (Fsp3) is 0.429. The van der Waals surface area contributed by atoms with Gasteiger partial charge in [-0.2, -0.15) is 0 Å². The number of phenolic OH excluding ortho intramolecular Hbond substituents is 1. The lowest BCUT2D eigenvalue weighted by atomic mass is 9.92. The number of aromatic hydroxyl groups is 1. The molecule has 0 radical (unpaired) electrons. The minimum absolute atomic E-state index is 0.163. The van der Waals surface area contributed by atoms with Crippen LogP contribution in [0.15, 0.2) is 30.3 Å². The molecule has 8 heteroatoms. The monoisotopic (exact) mass is 408 g/mol. The van der Waals surface area contributed by atoms with Crippen molar-refractivity contribution in [3.63, 3.8) is 0 Å². The number of piperidine rings is 1. The van der Waals surface area contributed by atoms with Crippen molar-refractivity contribution in [2.75, 3.05) is 11.9 Å². The Morgan fingerprint density at radius 2 is 1.90 bits per heavy atom. The Kier molecular flexibility index (Phi) is 4.89. The molecule has 3 aromatic rings. The van der Waals surface area contributed by atoms with Crippen LogP contribution in [0.25, 0.3) is 21.8 Å². The third-order valence-electron chi connectivity index (χ3n) is 5.85. The van der Waals surface area contributed by atoms with Crippen molar-refractivity contribution in [1.29, 1.82) is 0 Å². The maximum absolute atomic E-state index is 10.5. The van der Waals surface area contributed by atoms with E-state index in [-0.39, 0.29) is 5.75 Å². The van der Waals surface area contributed by atoms with Gasteiger partial charge < -0.3 is 15.7 Å². The van der Waals surface area contributed by atoms with Gasteiger partial charge in [0, 0.05) is 29.8 Å². The summed E-state index contributed by atoms with van der Waals surface area (Å²) in [6.07, 6.45) is 5.11. The molecule has 2 aliphatic rings. The van der Waals surface area contributed by atoms with Crippen molar-refractivity contribution >= 4 is 17.2 Å². The first-order valence-electron chi connectivity index (χ1n) is 10.1. The van der Waals surface area contributed by atoms with E-state index in [2.05, 4.69) is 31.0 Å². The molecular weight excluding hydrogens is 384 g/mol. The molecule has 2 fully saturated rings. The van der Waals surface area contributed by atoms with E-state index in [1.54, 1.807) is 6.07 Å². The summed E-state index contributed by atoms with van der Waals surface area (Å²) < 4.78 is 0. The first-order chi connectivity index (χ1) is 14.1. The van der Waals surface area contributed by atoms with Gasteiger partial charge in [0.05, 0.1) is 5.69 Å². The van der Waals surface area contributed by atoms with Gasteiger partial charge in [-0.15, -0.1) is 20.4 Å². The van der Waals surface area contributed by atoms with Crippen molar-refractivity contribution in [2.45, 2.75) is 44.7 Å². The second-order valence-corrected chi connectivity index (χ2v) is 9.20. The maximum Gasteiger partial charge on any atom is 0.148 e. The van der Waals surface area contributed by atoms with Gasteiger partial charge in [-0.25, -0.2) is 0 Å². The van der Waals surface area contributed by atoms with E-state index in [9.17, 15) is 5.11 Å². The highest BCUT2D eigenvalue weighted by Crippen LogP contribution is 2.34. The number of hydrogen-bond acceptors (Lipinski definition) is 8. The summed E-state index contributed by atoms with van der Waals surface area (Å²) in [6, 6.07) is 10.7. The SMILES string of the molecule is Cc1nnc(-c2ccc(-c3ccc(NCC4CC5CCC(C4)N5)nn3)c(O)c2)s1. The van der Waals surface area contributed by atoms with Crippen LogP contribution in [0.4, 0.5) is 5.82 Å². The van der Waals surface area contributed by atoms with Gasteiger partial charge in [-0.05, 0) is 62.8 Å². The molecule has 5 rings (SSSR count). The Labute approximate surface area is 173 Å². The predicted octanol–water partition coefficient (Wildman–Crippen LogP) is 3.62. The Morgan fingerprint density at radius 3 is 2.55 bits per heavy atom. The van der Waals surface area contributed by atoms with Crippen LogP contribution >= 0.6 is 11.3 Å². The largest absolute Gasteiger partial charge is 0.507 e. The topological polar surface area (TPSA) is 95.9 Å². The smallest absolute Gasteiger partial charge is 0.148 e. The molecular formula is C21H24N6OS. The van der Waals surface area contributed by atoms with Crippen molar-refractivity contribution in [3.05, 3.63) is 35.3 Å². The fourth-order valence-corrected chi connectivity index (χ4v) is 5.14. The zero-order chi connectivity index (χ0) is 19.8. The van der Waals surface area contributed by atoms with E-state index in [0.717, 1.165) is 27.9 Å². The van der Waals surface area contributed by atoms with E-state index >= 15 is 0 Å². The van der Waals surface area contributed by atoms with Crippen LogP contribution in [0.5, 0.6) is 5.75 Å². The van der Waals surface area contributed by atoms with Gasteiger partial charge in [0.25, 0.3) is 0 Å². The summed E-state index contributed by atoms with van der Waals surface area (Å²) in [5, 5.41) is 36.1. The van der Waals surface area contributed by atoms with Crippen LogP contribution in [0, 0.1) is 12.8 Å². The lowest BCUT2D eigenvalue weighted by Gasteiger charge is -2.29. The van der Waals surface area contributed by atoms with Gasteiger partial charge in [-0.1, -0.05) is 17.4 Å². The number of aromatic nitrogens is 4. The molecule has 2 bridgehead atoms. The fourth-order valence-electron chi connectivity index (χ4n) is 4.46. The second kappa shape index (κ2) is 7.68. The minimum atomic E-state index is 0.163. The van der Waals surface area contributed by atoms with Crippen LogP contribution in [-0.2, 0) is 0 Å². The van der Waals surface area contributed by atoms with E-state index in [0.29, 0.717) is 29.3 Å². The summed E-state index contributed by atoms with van der Waals surface area (Å²) in [7, 11) is 0. The quantitative estimate of drug-likeness (QED) is 0.593. The lowest BCUT2D eigenvalue weighted by Crippen LogP contribution is -2.40. The van der Waals surface area contributed by atoms with Gasteiger partial charge >= 0.3 is 0 Å². The highest BCUT2D eigenvalue weighted by Gasteiger charge is 2.33. The average Bonchev–Trinajstić information content (AvgIpc) is 3.31. The van der Waals surface area contributed by atoms with Crippen LogP contribution in [0.3, 0.4) is 0 Å². The molecule has 1 aromatic carbocycles. The number of hydrogen-bond donors (Lipinski definition) is 3. The van der Waals surface area contributed by atoms with Crippen LogP contribution in [-0.4, -0.2) is 44.1 Å². The van der Waals surface area contributed by atoms with Gasteiger partial charge in [-0.3, -0.25) is 0 Å². The summed E-state index contributed by atoms with van der Waals surface area (Å²) in [5.74, 6) is 1.63. The molecule has 4 heterocycles.